The minimum absolute atomic E-state index is 0.00619. The lowest BCUT2D eigenvalue weighted by Crippen LogP contribution is -2.18. The molecular weight excluding hydrogens is 312 g/mol. The standard InChI is InChI=1S/C18H14O6/c1-11(19)23-15-9-5-3-7-13(15)17(21)18(22)14-8-4-6-10-16(14)24-12(2)20/h3-10H,1-2H3. The van der Waals surface area contributed by atoms with Crippen molar-refractivity contribution in [3.63, 3.8) is 0 Å². The van der Waals surface area contributed by atoms with E-state index in [2.05, 4.69) is 0 Å². The van der Waals surface area contributed by atoms with Crippen LogP contribution in [0.5, 0.6) is 11.5 Å². The van der Waals surface area contributed by atoms with Crippen molar-refractivity contribution in [2.75, 3.05) is 0 Å². The minimum atomic E-state index is -0.869. The van der Waals surface area contributed by atoms with E-state index >= 15 is 0 Å². The van der Waals surface area contributed by atoms with Gasteiger partial charge in [-0.25, -0.2) is 0 Å². The number of ketones is 2. The number of rotatable bonds is 5. The van der Waals surface area contributed by atoms with Gasteiger partial charge in [0, 0.05) is 13.8 Å². The molecule has 0 aliphatic heterocycles. The lowest BCUT2D eigenvalue weighted by molar-refractivity contribution is -0.132. The van der Waals surface area contributed by atoms with Crippen molar-refractivity contribution < 1.29 is 28.7 Å². The highest BCUT2D eigenvalue weighted by Crippen LogP contribution is 2.24. The zero-order valence-corrected chi connectivity index (χ0v) is 13.1. The summed E-state index contributed by atoms with van der Waals surface area (Å²) in [4.78, 5) is 47.3. The van der Waals surface area contributed by atoms with Crippen LogP contribution in [0.1, 0.15) is 34.6 Å². The summed E-state index contributed by atoms with van der Waals surface area (Å²) in [7, 11) is 0. The molecule has 0 N–H and O–H groups in total. The monoisotopic (exact) mass is 326 g/mol. The first-order chi connectivity index (χ1) is 11.4. The fraction of sp³-hybridized carbons (Fsp3) is 0.111. The Kier molecular flexibility index (Phi) is 5.21. The summed E-state index contributed by atoms with van der Waals surface area (Å²) in [5.74, 6) is -2.97. The summed E-state index contributed by atoms with van der Waals surface area (Å²) < 4.78 is 9.90. The minimum Gasteiger partial charge on any atom is -0.426 e. The molecule has 0 unspecified atom stereocenters. The second-order valence-electron chi connectivity index (χ2n) is 4.84. The Morgan fingerprint density at radius 2 is 0.958 bits per heavy atom. The molecule has 0 fully saturated rings. The van der Waals surface area contributed by atoms with Crippen LogP contribution in [0, 0.1) is 0 Å². The van der Waals surface area contributed by atoms with Gasteiger partial charge < -0.3 is 9.47 Å². The molecule has 0 aromatic heterocycles. The smallest absolute Gasteiger partial charge is 0.308 e. The topological polar surface area (TPSA) is 86.7 Å². The third kappa shape index (κ3) is 3.92. The highest BCUT2D eigenvalue weighted by molar-refractivity contribution is 6.50. The van der Waals surface area contributed by atoms with Crippen LogP contribution in [0.2, 0.25) is 0 Å². The normalized spacial score (nSPS) is 9.92. The molecule has 0 radical (unpaired) electrons. The number of para-hydroxylation sites is 2. The van der Waals surface area contributed by atoms with Crippen LogP contribution in [0.25, 0.3) is 0 Å². The van der Waals surface area contributed by atoms with Crippen LogP contribution in [0.15, 0.2) is 48.5 Å². The van der Waals surface area contributed by atoms with Crippen molar-refractivity contribution >= 4 is 23.5 Å². The molecule has 0 amide bonds. The number of ether oxygens (including phenoxy) is 2. The first-order valence-corrected chi connectivity index (χ1v) is 7.04. The highest BCUT2D eigenvalue weighted by atomic mass is 16.5. The maximum absolute atomic E-state index is 12.5. The molecule has 2 rings (SSSR count). The van der Waals surface area contributed by atoms with Crippen molar-refractivity contribution in [1.29, 1.82) is 0 Å². The fourth-order valence-corrected chi connectivity index (χ4v) is 2.04. The molecule has 0 saturated carbocycles. The number of benzene rings is 2. The molecule has 2 aromatic carbocycles. The van der Waals surface area contributed by atoms with Gasteiger partial charge in [-0.3, -0.25) is 19.2 Å². The van der Waals surface area contributed by atoms with Gasteiger partial charge in [0.15, 0.2) is 0 Å². The van der Waals surface area contributed by atoms with E-state index in [9.17, 15) is 19.2 Å². The Balaban J connectivity index is 2.40. The summed E-state index contributed by atoms with van der Waals surface area (Å²) in [6.45, 7) is 2.39. The van der Waals surface area contributed by atoms with Crippen LogP contribution >= 0.6 is 0 Å². The van der Waals surface area contributed by atoms with Gasteiger partial charge in [0.05, 0.1) is 11.1 Å². The van der Waals surface area contributed by atoms with Gasteiger partial charge in [0.2, 0.25) is 11.6 Å². The summed E-state index contributed by atoms with van der Waals surface area (Å²) >= 11 is 0. The van der Waals surface area contributed by atoms with Crippen LogP contribution < -0.4 is 9.47 Å². The van der Waals surface area contributed by atoms with E-state index in [1.54, 1.807) is 24.3 Å². The van der Waals surface area contributed by atoms with Crippen LogP contribution in [0.3, 0.4) is 0 Å². The molecule has 0 heterocycles. The van der Waals surface area contributed by atoms with E-state index in [1.807, 2.05) is 0 Å². The van der Waals surface area contributed by atoms with Gasteiger partial charge in [0.1, 0.15) is 11.5 Å². The maximum atomic E-state index is 12.5. The highest BCUT2D eigenvalue weighted by Gasteiger charge is 2.25. The van der Waals surface area contributed by atoms with E-state index in [0.717, 1.165) is 0 Å². The third-order valence-corrected chi connectivity index (χ3v) is 2.98. The summed E-state index contributed by atoms with van der Waals surface area (Å²) in [5.41, 5.74) is -0.0920. The third-order valence-electron chi connectivity index (χ3n) is 2.98. The molecule has 6 nitrogen and oxygen atoms in total. The van der Waals surface area contributed by atoms with Gasteiger partial charge in [0.25, 0.3) is 0 Å². The fourth-order valence-electron chi connectivity index (χ4n) is 2.04. The molecule has 2 aromatic rings. The Morgan fingerprint density at radius 3 is 1.29 bits per heavy atom. The first kappa shape index (κ1) is 17.1. The van der Waals surface area contributed by atoms with E-state index in [1.165, 1.54) is 38.1 Å². The van der Waals surface area contributed by atoms with Gasteiger partial charge in [-0.15, -0.1) is 0 Å². The predicted octanol–water partition coefficient (Wildman–Crippen LogP) is 2.60. The summed E-state index contributed by atoms with van der Waals surface area (Å²) in [6.07, 6.45) is 0. The number of carbonyl (C=O) groups is 4. The van der Waals surface area contributed by atoms with Crippen LogP contribution in [0.4, 0.5) is 0 Å². The van der Waals surface area contributed by atoms with Crippen molar-refractivity contribution in [2.24, 2.45) is 0 Å². The van der Waals surface area contributed by atoms with Gasteiger partial charge in [-0.1, -0.05) is 24.3 Å². The predicted molar refractivity (Wildman–Crippen MR) is 84.2 cm³/mol. The van der Waals surface area contributed by atoms with E-state index in [0.29, 0.717) is 0 Å². The Bertz CT molecular complexity index is 752. The lowest BCUT2D eigenvalue weighted by Gasteiger charge is -2.09. The molecule has 24 heavy (non-hydrogen) atoms. The van der Waals surface area contributed by atoms with Crippen molar-refractivity contribution in [2.45, 2.75) is 13.8 Å². The molecule has 122 valence electrons. The molecule has 0 aliphatic carbocycles. The van der Waals surface area contributed by atoms with Gasteiger partial charge in [-0.05, 0) is 24.3 Å². The Morgan fingerprint density at radius 1 is 0.625 bits per heavy atom. The molecule has 0 spiro atoms. The van der Waals surface area contributed by atoms with Crippen molar-refractivity contribution in [1.82, 2.24) is 0 Å². The van der Waals surface area contributed by atoms with E-state index < -0.39 is 23.5 Å². The van der Waals surface area contributed by atoms with Crippen LogP contribution in [-0.4, -0.2) is 23.5 Å². The van der Waals surface area contributed by atoms with Crippen molar-refractivity contribution in [3.05, 3.63) is 59.7 Å². The first-order valence-electron chi connectivity index (χ1n) is 7.04. The number of hydrogen-bond acceptors (Lipinski definition) is 6. The Labute approximate surface area is 138 Å². The zero-order valence-electron chi connectivity index (χ0n) is 13.1. The summed E-state index contributed by atoms with van der Waals surface area (Å²) in [6, 6.07) is 11.8. The molecule has 0 bridgehead atoms. The molecule has 0 aliphatic rings. The number of carbonyl (C=O) groups excluding carboxylic acids is 4. The lowest BCUT2D eigenvalue weighted by atomic mass is 10.00. The molecular formula is C18H14O6. The summed E-state index contributed by atoms with van der Waals surface area (Å²) in [5, 5.41) is 0. The maximum Gasteiger partial charge on any atom is 0.308 e. The second-order valence-corrected chi connectivity index (χ2v) is 4.84. The average Bonchev–Trinajstić information content (AvgIpc) is 2.53. The molecule has 0 saturated heterocycles. The SMILES string of the molecule is CC(=O)Oc1ccccc1C(=O)C(=O)c1ccccc1OC(C)=O. The number of esters is 2. The molecule has 6 heteroatoms. The van der Waals surface area contributed by atoms with Crippen molar-refractivity contribution in [3.8, 4) is 11.5 Å². The van der Waals surface area contributed by atoms with E-state index in [-0.39, 0.29) is 22.6 Å². The van der Waals surface area contributed by atoms with Gasteiger partial charge >= 0.3 is 11.9 Å². The number of Topliss-reactive ketones (excluding diaryl/α,β-unsaturated/α-hetero) is 2. The van der Waals surface area contributed by atoms with E-state index in [4.69, 9.17) is 9.47 Å². The Hall–Kier alpha value is -3.28. The molecule has 0 atom stereocenters. The zero-order chi connectivity index (χ0) is 17.7. The average molecular weight is 326 g/mol. The second kappa shape index (κ2) is 7.32. The van der Waals surface area contributed by atoms with Gasteiger partial charge in [-0.2, -0.15) is 0 Å². The quantitative estimate of drug-likeness (QED) is 0.363. The largest absolute Gasteiger partial charge is 0.426 e. The van der Waals surface area contributed by atoms with Crippen LogP contribution in [-0.2, 0) is 9.59 Å². The number of hydrogen-bond donors (Lipinski definition) is 0.